The van der Waals surface area contributed by atoms with Crippen molar-refractivity contribution >= 4 is 5.91 Å². The number of nitrogens with zero attached hydrogens (tertiary/aromatic N) is 2. The van der Waals surface area contributed by atoms with Crippen LogP contribution in [0.5, 0.6) is 5.88 Å². The van der Waals surface area contributed by atoms with E-state index in [1.54, 1.807) is 23.2 Å². The largest absolute Gasteiger partial charge is 0.480 e. The maximum absolute atomic E-state index is 12.5. The van der Waals surface area contributed by atoms with Gasteiger partial charge < -0.3 is 19.5 Å². The van der Waals surface area contributed by atoms with Crippen molar-refractivity contribution in [3.63, 3.8) is 0 Å². The van der Waals surface area contributed by atoms with Crippen molar-refractivity contribution < 1.29 is 19.4 Å². The molecule has 0 aromatic carbocycles. The van der Waals surface area contributed by atoms with E-state index in [2.05, 4.69) is 4.98 Å². The third kappa shape index (κ3) is 2.69. The van der Waals surface area contributed by atoms with Gasteiger partial charge in [-0.1, -0.05) is 0 Å². The summed E-state index contributed by atoms with van der Waals surface area (Å²) in [6.45, 7) is 2.97. The minimum atomic E-state index is -0.647. The Kier molecular flexibility index (Phi) is 4.34. The molecule has 0 unspecified atom stereocenters. The Balaban J connectivity index is 2.25. The van der Waals surface area contributed by atoms with Gasteiger partial charge in [-0.3, -0.25) is 4.79 Å². The Labute approximate surface area is 112 Å². The molecule has 19 heavy (non-hydrogen) atoms. The number of aromatic nitrogens is 1. The molecule has 0 spiro atoms. The average molecular weight is 266 g/mol. The number of carbonyl (C=O) groups is 1. The van der Waals surface area contributed by atoms with Crippen LogP contribution in [0.25, 0.3) is 0 Å². The number of amides is 1. The summed E-state index contributed by atoms with van der Waals surface area (Å²) in [5.74, 6) is 0.0846. The van der Waals surface area contributed by atoms with Crippen molar-refractivity contribution in [3.8, 4) is 5.88 Å². The summed E-state index contributed by atoms with van der Waals surface area (Å²) in [5.41, 5.74) is 0.394. The first-order valence-electron chi connectivity index (χ1n) is 6.24. The van der Waals surface area contributed by atoms with Gasteiger partial charge in [0.05, 0.1) is 32.5 Å². The highest BCUT2D eigenvalue weighted by molar-refractivity contribution is 5.96. The number of methoxy groups -OCH3 is 1. The van der Waals surface area contributed by atoms with E-state index in [0.29, 0.717) is 24.6 Å². The minimum absolute atomic E-state index is 0.206. The van der Waals surface area contributed by atoms with Gasteiger partial charge >= 0.3 is 0 Å². The van der Waals surface area contributed by atoms with Crippen LogP contribution in [-0.4, -0.2) is 59.9 Å². The standard InChI is InChI=1S/C13H18N2O4/c1-3-15(10-7-19-8-11(10)16)13(17)9-5-4-6-14-12(9)18-2/h4-6,10-11,16H,3,7-8H2,1-2H3/t10-,11-/m0/s1. The molecule has 0 bridgehead atoms. The molecule has 2 heterocycles. The van der Waals surface area contributed by atoms with Crippen LogP contribution in [0.1, 0.15) is 17.3 Å². The monoisotopic (exact) mass is 266 g/mol. The van der Waals surface area contributed by atoms with E-state index in [4.69, 9.17) is 9.47 Å². The first kappa shape index (κ1) is 13.8. The fourth-order valence-corrected chi connectivity index (χ4v) is 2.23. The summed E-state index contributed by atoms with van der Waals surface area (Å²) in [4.78, 5) is 18.1. The molecule has 2 atom stereocenters. The van der Waals surface area contributed by atoms with Crippen LogP contribution in [0.4, 0.5) is 0 Å². The Morgan fingerprint density at radius 1 is 1.63 bits per heavy atom. The molecule has 1 aliphatic heterocycles. The molecule has 2 rings (SSSR count). The molecule has 1 aromatic heterocycles. The van der Waals surface area contributed by atoms with Gasteiger partial charge in [-0.2, -0.15) is 0 Å². The van der Waals surface area contributed by atoms with Crippen LogP contribution in [0.2, 0.25) is 0 Å². The molecule has 1 aliphatic rings. The number of hydrogen-bond acceptors (Lipinski definition) is 5. The lowest BCUT2D eigenvalue weighted by Crippen LogP contribution is -2.46. The Hall–Kier alpha value is -1.66. The van der Waals surface area contributed by atoms with Crippen LogP contribution < -0.4 is 4.74 Å². The van der Waals surface area contributed by atoms with E-state index in [9.17, 15) is 9.90 Å². The normalized spacial score (nSPS) is 22.3. The van der Waals surface area contributed by atoms with Gasteiger partial charge in [0.1, 0.15) is 5.56 Å². The minimum Gasteiger partial charge on any atom is -0.480 e. The number of aliphatic hydroxyl groups excluding tert-OH is 1. The summed E-state index contributed by atoms with van der Waals surface area (Å²) >= 11 is 0. The topological polar surface area (TPSA) is 71.9 Å². The molecule has 104 valence electrons. The highest BCUT2D eigenvalue weighted by Gasteiger charge is 2.34. The van der Waals surface area contributed by atoms with Crippen molar-refractivity contribution in [2.75, 3.05) is 26.9 Å². The van der Waals surface area contributed by atoms with Crippen molar-refractivity contribution in [2.45, 2.75) is 19.1 Å². The fourth-order valence-electron chi connectivity index (χ4n) is 2.23. The first-order chi connectivity index (χ1) is 9.19. The molecule has 0 aliphatic carbocycles. The second kappa shape index (κ2) is 5.99. The molecule has 6 heteroatoms. The van der Waals surface area contributed by atoms with Gasteiger partial charge in [-0.15, -0.1) is 0 Å². The fraction of sp³-hybridized carbons (Fsp3) is 0.538. The van der Waals surface area contributed by atoms with Gasteiger partial charge in [-0.05, 0) is 19.1 Å². The molecule has 1 saturated heterocycles. The van der Waals surface area contributed by atoms with Crippen LogP contribution in [0.3, 0.4) is 0 Å². The smallest absolute Gasteiger partial charge is 0.259 e. The zero-order chi connectivity index (χ0) is 13.8. The lowest BCUT2D eigenvalue weighted by atomic mass is 10.1. The maximum Gasteiger partial charge on any atom is 0.259 e. The van der Waals surface area contributed by atoms with E-state index in [-0.39, 0.29) is 18.6 Å². The lowest BCUT2D eigenvalue weighted by molar-refractivity contribution is 0.0517. The Bertz CT molecular complexity index is 452. The number of ether oxygens (including phenoxy) is 2. The van der Waals surface area contributed by atoms with Crippen LogP contribution >= 0.6 is 0 Å². The summed E-state index contributed by atoms with van der Waals surface area (Å²) in [6.07, 6.45) is 0.922. The molecule has 1 N–H and O–H groups in total. The predicted octanol–water partition coefficient (Wildman–Crippen LogP) is 0.312. The zero-order valence-corrected chi connectivity index (χ0v) is 11.1. The highest BCUT2D eigenvalue weighted by Crippen LogP contribution is 2.20. The zero-order valence-electron chi connectivity index (χ0n) is 11.1. The van der Waals surface area contributed by atoms with E-state index < -0.39 is 6.10 Å². The third-order valence-corrected chi connectivity index (χ3v) is 3.22. The summed E-state index contributed by atoms with van der Waals surface area (Å²) in [5, 5.41) is 9.85. The number of carbonyl (C=O) groups excluding carboxylic acids is 1. The first-order valence-corrected chi connectivity index (χ1v) is 6.24. The van der Waals surface area contributed by atoms with Crippen molar-refractivity contribution in [1.82, 2.24) is 9.88 Å². The quantitative estimate of drug-likeness (QED) is 0.849. The number of likely N-dealkylation sites (N-methyl/N-ethyl adjacent to an activating group) is 1. The van der Waals surface area contributed by atoms with Crippen molar-refractivity contribution in [2.24, 2.45) is 0 Å². The number of rotatable bonds is 4. The number of aliphatic hydroxyl groups is 1. The van der Waals surface area contributed by atoms with E-state index in [1.807, 2.05) is 6.92 Å². The molecular weight excluding hydrogens is 248 g/mol. The summed E-state index contributed by atoms with van der Waals surface area (Å²) < 4.78 is 10.3. The van der Waals surface area contributed by atoms with Gasteiger partial charge in [-0.25, -0.2) is 4.98 Å². The SMILES string of the molecule is CCN(C(=O)c1cccnc1OC)[C@H]1COC[C@@H]1O. The molecular formula is C13H18N2O4. The van der Waals surface area contributed by atoms with Crippen LogP contribution in [0, 0.1) is 0 Å². The average Bonchev–Trinajstić information content (AvgIpc) is 2.86. The van der Waals surface area contributed by atoms with Gasteiger partial charge in [0, 0.05) is 12.7 Å². The predicted molar refractivity (Wildman–Crippen MR) is 68.1 cm³/mol. The molecule has 1 aromatic rings. The molecule has 1 fully saturated rings. The second-order valence-corrected chi connectivity index (χ2v) is 4.32. The molecule has 0 saturated carbocycles. The Morgan fingerprint density at radius 3 is 3.00 bits per heavy atom. The summed E-state index contributed by atoms with van der Waals surface area (Å²) in [6, 6.07) is 3.03. The summed E-state index contributed by atoms with van der Waals surface area (Å²) in [7, 11) is 1.48. The van der Waals surface area contributed by atoms with Crippen molar-refractivity contribution in [3.05, 3.63) is 23.9 Å². The van der Waals surface area contributed by atoms with Gasteiger partial charge in [0.25, 0.3) is 5.91 Å². The van der Waals surface area contributed by atoms with Crippen LogP contribution in [0.15, 0.2) is 18.3 Å². The lowest BCUT2D eigenvalue weighted by Gasteiger charge is -2.29. The third-order valence-electron chi connectivity index (χ3n) is 3.22. The van der Waals surface area contributed by atoms with Crippen molar-refractivity contribution in [1.29, 1.82) is 0 Å². The van der Waals surface area contributed by atoms with Crippen LogP contribution in [-0.2, 0) is 4.74 Å². The Morgan fingerprint density at radius 2 is 2.42 bits per heavy atom. The van der Waals surface area contributed by atoms with E-state index in [0.717, 1.165) is 0 Å². The maximum atomic E-state index is 12.5. The van der Waals surface area contributed by atoms with Gasteiger partial charge in [0.15, 0.2) is 0 Å². The van der Waals surface area contributed by atoms with E-state index in [1.165, 1.54) is 7.11 Å². The second-order valence-electron chi connectivity index (χ2n) is 4.32. The number of hydrogen-bond donors (Lipinski definition) is 1. The molecule has 1 amide bonds. The molecule has 0 radical (unpaired) electrons. The van der Waals surface area contributed by atoms with E-state index >= 15 is 0 Å². The van der Waals surface area contributed by atoms with Gasteiger partial charge in [0.2, 0.25) is 5.88 Å². The molecule has 6 nitrogen and oxygen atoms in total. The number of pyridine rings is 1. The highest BCUT2D eigenvalue weighted by atomic mass is 16.5.